The van der Waals surface area contributed by atoms with E-state index in [1.165, 1.54) is 6.07 Å². The van der Waals surface area contributed by atoms with Crippen LogP contribution in [0.4, 0.5) is 5.69 Å². The van der Waals surface area contributed by atoms with Crippen LogP contribution in [0.25, 0.3) is 0 Å². The van der Waals surface area contributed by atoms with E-state index in [9.17, 15) is 14.9 Å². The van der Waals surface area contributed by atoms with Gasteiger partial charge in [-0.3, -0.25) is 19.8 Å². The number of nitro benzene ring substituents is 1. The van der Waals surface area contributed by atoms with Gasteiger partial charge < -0.3 is 10.1 Å². The summed E-state index contributed by atoms with van der Waals surface area (Å²) in [4.78, 5) is 24.9. The molecule has 2 rings (SSSR count). The Morgan fingerprint density at radius 2 is 2.00 bits per heavy atom. The Morgan fingerprint density at radius 1 is 1.35 bits per heavy atom. The number of rotatable bonds is 6. The van der Waals surface area contributed by atoms with Crippen molar-refractivity contribution in [3.63, 3.8) is 0 Å². The summed E-state index contributed by atoms with van der Waals surface area (Å²) in [6.07, 6.45) is 0.0103. The lowest BCUT2D eigenvalue weighted by molar-refractivity contribution is -0.385. The first-order valence-corrected chi connectivity index (χ1v) is 7.72. The first-order chi connectivity index (χ1) is 10.9. The van der Waals surface area contributed by atoms with Crippen molar-refractivity contribution in [3.05, 3.63) is 39.9 Å². The monoisotopic (exact) mass is 321 g/mol. The van der Waals surface area contributed by atoms with Crippen LogP contribution in [-0.2, 0) is 16.0 Å². The molecule has 1 saturated heterocycles. The minimum Gasteiger partial charge on any atom is -0.379 e. The number of morpholine rings is 1. The zero-order valence-electron chi connectivity index (χ0n) is 13.6. The van der Waals surface area contributed by atoms with Gasteiger partial charge in [-0.2, -0.15) is 0 Å². The molecule has 0 saturated carbocycles. The lowest BCUT2D eigenvalue weighted by Gasteiger charge is -2.40. The summed E-state index contributed by atoms with van der Waals surface area (Å²) < 4.78 is 5.34. The molecule has 1 aromatic rings. The molecule has 0 unspecified atom stereocenters. The van der Waals surface area contributed by atoms with Gasteiger partial charge in [0.15, 0.2) is 0 Å². The van der Waals surface area contributed by atoms with E-state index >= 15 is 0 Å². The van der Waals surface area contributed by atoms with Crippen LogP contribution >= 0.6 is 0 Å². The van der Waals surface area contributed by atoms with Gasteiger partial charge in [0, 0.05) is 36.8 Å². The maximum absolute atomic E-state index is 12.1. The topological polar surface area (TPSA) is 84.7 Å². The van der Waals surface area contributed by atoms with Gasteiger partial charge in [-0.1, -0.05) is 18.2 Å². The Kier molecular flexibility index (Phi) is 5.68. The summed E-state index contributed by atoms with van der Waals surface area (Å²) in [5, 5.41) is 13.9. The lowest BCUT2D eigenvalue weighted by atomic mass is 10.0. The normalized spacial score (nSPS) is 16.1. The third-order valence-corrected chi connectivity index (χ3v) is 4.12. The van der Waals surface area contributed by atoms with Crippen molar-refractivity contribution in [2.24, 2.45) is 0 Å². The van der Waals surface area contributed by atoms with E-state index in [-0.39, 0.29) is 23.6 Å². The van der Waals surface area contributed by atoms with E-state index in [4.69, 9.17) is 4.74 Å². The fourth-order valence-electron chi connectivity index (χ4n) is 2.67. The summed E-state index contributed by atoms with van der Waals surface area (Å²) in [5.41, 5.74) is 0.233. The van der Waals surface area contributed by atoms with Crippen molar-refractivity contribution < 1.29 is 14.5 Å². The summed E-state index contributed by atoms with van der Waals surface area (Å²) >= 11 is 0. The van der Waals surface area contributed by atoms with Crippen molar-refractivity contribution in [2.75, 3.05) is 32.8 Å². The quantitative estimate of drug-likeness (QED) is 0.632. The number of benzene rings is 1. The Morgan fingerprint density at radius 3 is 2.65 bits per heavy atom. The molecule has 1 aliphatic heterocycles. The number of nitro groups is 1. The number of carbonyl (C=O) groups excluding carboxylic acids is 1. The third kappa shape index (κ3) is 4.74. The van der Waals surface area contributed by atoms with Crippen LogP contribution in [0.1, 0.15) is 19.4 Å². The number of nitrogens with zero attached hydrogens (tertiary/aromatic N) is 2. The van der Waals surface area contributed by atoms with Crippen LogP contribution in [-0.4, -0.2) is 54.1 Å². The SMILES string of the molecule is CC(C)(CNC(=O)Cc1ccccc1[N+](=O)[O-])N1CCOCC1. The highest BCUT2D eigenvalue weighted by molar-refractivity contribution is 5.79. The number of carbonyl (C=O) groups is 1. The molecule has 1 N–H and O–H groups in total. The van der Waals surface area contributed by atoms with Crippen molar-refractivity contribution in [1.29, 1.82) is 0 Å². The highest BCUT2D eigenvalue weighted by Gasteiger charge is 2.28. The van der Waals surface area contributed by atoms with Crippen molar-refractivity contribution in [2.45, 2.75) is 25.8 Å². The molecule has 7 heteroatoms. The zero-order valence-corrected chi connectivity index (χ0v) is 13.6. The van der Waals surface area contributed by atoms with E-state index < -0.39 is 4.92 Å². The van der Waals surface area contributed by atoms with Gasteiger partial charge in [-0.25, -0.2) is 0 Å². The van der Waals surface area contributed by atoms with E-state index in [1.807, 2.05) is 0 Å². The molecule has 1 aromatic carbocycles. The molecule has 1 aliphatic rings. The second-order valence-corrected chi connectivity index (χ2v) is 6.25. The lowest BCUT2D eigenvalue weighted by Crippen LogP contribution is -2.55. The molecule has 7 nitrogen and oxygen atoms in total. The molecule has 1 fully saturated rings. The summed E-state index contributed by atoms with van der Waals surface area (Å²) in [6, 6.07) is 6.33. The third-order valence-electron chi connectivity index (χ3n) is 4.12. The molecular weight excluding hydrogens is 298 g/mol. The van der Waals surface area contributed by atoms with E-state index in [0.717, 1.165) is 13.1 Å². The number of hydrogen-bond acceptors (Lipinski definition) is 5. The van der Waals surface area contributed by atoms with Crippen LogP contribution in [0.3, 0.4) is 0 Å². The van der Waals surface area contributed by atoms with E-state index in [2.05, 4.69) is 24.1 Å². The second kappa shape index (κ2) is 7.52. The van der Waals surface area contributed by atoms with Gasteiger partial charge in [0.2, 0.25) is 5.91 Å². The Hall–Kier alpha value is -1.99. The van der Waals surface area contributed by atoms with E-state index in [0.29, 0.717) is 25.3 Å². The molecule has 0 aliphatic carbocycles. The molecule has 1 amide bonds. The standard InChI is InChI=1S/C16H23N3O4/c1-16(2,18-7-9-23-10-8-18)12-17-15(20)11-13-5-3-4-6-14(13)19(21)22/h3-6H,7-12H2,1-2H3,(H,17,20). The molecule has 23 heavy (non-hydrogen) atoms. The fraction of sp³-hybridized carbons (Fsp3) is 0.562. The number of hydrogen-bond donors (Lipinski definition) is 1. The van der Waals surface area contributed by atoms with Crippen LogP contribution in [0.2, 0.25) is 0 Å². The average Bonchev–Trinajstić information content (AvgIpc) is 2.54. The van der Waals surface area contributed by atoms with E-state index in [1.54, 1.807) is 18.2 Å². The molecule has 0 bridgehead atoms. The van der Waals surface area contributed by atoms with Crippen LogP contribution in [0.15, 0.2) is 24.3 Å². The first kappa shape index (κ1) is 17.4. The average molecular weight is 321 g/mol. The van der Waals surface area contributed by atoms with Gasteiger partial charge in [0.05, 0.1) is 24.6 Å². The van der Waals surface area contributed by atoms with Gasteiger partial charge in [0.25, 0.3) is 5.69 Å². The zero-order chi connectivity index (χ0) is 16.9. The maximum Gasteiger partial charge on any atom is 0.273 e. The van der Waals surface area contributed by atoms with Crippen molar-refractivity contribution >= 4 is 11.6 Å². The Bertz CT molecular complexity index is 568. The number of nitrogens with one attached hydrogen (secondary N) is 1. The second-order valence-electron chi connectivity index (χ2n) is 6.25. The minimum atomic E-state index is -0.458. The molecule has 0 spiro atoms. The van der Waals surface area contributed by atoms with Crippen LogP contribution < -0.4 is 5.32 Å². The molecule has 0 atom stereocenters. The van der Waals surface area contributed by atoms with Crippen molar-refractivity contribution in [1.82, 2.24) is 10.2 Å². The predicted molar refractivity (Wildman–Crippen MR) is 86.3 cm³/mol. The molecule has 0 aromatic heterocycles. The molecule has 126 valence electrons. The fourth-order valence-corrected chi connectivity index (χ4v) is 2.67. The minimum absolute atomic E-state index is 0.0103. The first-order valence-electron chi connectivity index (χ1n) is 7.72. The molecule has 0 radical (unpaired) electrons. The highest BCUT2D eigenvalue weighted by atomic mass is 16.6. The predicted octanol–water partition coefficient (Wildman–Crippen LogP) is 1.36. The smallest absolute Gasteiger partial charge is 0.273 e. The maximum atomic E-state index is 12.1. The van der Waals surface area contributed by atoms with Gasteiger partial charge in [-0.05, 0) is 13.8 Å². The van der Waals surface area contributed by atoms with Gasteiger partial charge >= 0.3 is 0 Å². The Balaban J connectivity index is 1.91. The number of ether oxygens (including phenoxy) is 1. The summed E-state index contributed by atoms with van der Waals surface area (Å²) in [7, 11) is 0. The number of amides is 1. The number of para-hydroxylation sites is 1. The van der Waals surface area contributed by atoms with Gasteiger partial charge in [0.1, 0.15) is 0 Å². The summed E-state index contributed by atoms with van der Waals surface area (Å²) in [6.45, 7) is 7.72. The summed E-state index contributed by atoms with van der Waals surface area (Å²) in [5.74, 6) is -0.208. The van der Waals surface area contributed by atoms with Crippen LogP contribution in [0, 0.1) is 10.1 Å². The van der Waals surface area contributed by atoms with Crippen LogP contribution in [0.5, 0.6) is 0 Å². The van der Waals surface area contributed by atoms with Gasteiger partial charge in [-0.15, -0.1) is 0 Å². The largest absolute Gasteiger partial charge is 0.379 e. The molecular formula is C16H23N3O4. The highest BCUT2D eigenvalue weighted by Crippen LogP contribution is 2.18. The van der Waals surface area contributed by atoms with Crippen molar-refractivity contribution in [3.8, 4) is 0 Å². The Labute approximate surface area is 135 Å². The molecule has 1 heterocycles.